The van der Waals surface area contributed by atoms with E-state index in [4.69, 9.17) is 10.8 Å². The van der Waals surface area contributed by atoms with Crippen LogP contribution in [0.4, 0.5) is 23.4 Å². The number of nitrogens with one attached hydrogen (secondary N) is 1. The van der Waals surface area contributed by atoms with E-state index in [1.807, 2.05) is 5.32 Å². The number of rotatable bonds is 5. The lowest BCUT2D eigenvalue weighted by Crippen LogP contribution is -2.56. The molecule has 0 aliphatic heterocycles. The second-order valence-electron chi connectivity index (χ2n) is 5.20. The molecule has 1 heterocycles. The van der Waals surface area contributed by atoms with Gasteiger partial charge in [-0.05, 0) is 24.3 Å². The summed E-state index contributed by atoms with van der Waals surface area (Å²) in [5.41, 5.74) is 2.35. The van der Waals surface area contributed by atoms with Gasteiger partial charge in [-0.15, -0.1) is 0 Å². The van der Waals surface area contributed by atoms with E-state index < -0.39 is 36.7 Å². The monoisotopic (exact) mass is 362 g/mol. The molecule has 0 radical (unpaired) electrons. The SMILES string of the molecule is Nc1c(C(=O)NCC(O)(CO)C(F)(F)F)cnn1-c1ccc(F)cc1. The molecule has 25 heavy (non-hydrogen) atoms. The molecule has 0 saturated heterocycles. The average molecular weight is 362 g/mol. The van der Waals surface area contributed by atoms with Crippen molar-refractivity contribution >= 4 is 11.7 Å². The summed E-state index contributed by atoms with van der Waals surface area (Å²) in [5, 5.41) is 23.8. The summed E-state index contributed by atoms with van der Waals surface area (Å²) in [5.74, 6) is -1.71. The minimum absolute atomic E-state index is 0.191. The highest BCUT2D eigenvalue weighted by molar-refractivity contribution is 5.98. The van der Waals surface area contributed by atoms with Gasteiger partial charge < -0.3 is 21.3 Å². The minimum Gasteiger partial charge on any atom is -0.393 e. The van der Waals surface area contributed by atoms with Gasteiger partial charge in [0.1, 0.15) is 17.2 Å². The van der Waals surface area contributed by atoms with Crippen molar-refractivity contribution in [2.24, 2.45) is 0 Å². The molecular weight excluding hydrogens is 348 g/mol. The Kier molecular flexibility index (Phi) is 4.99. The predicted octanol–water partition coefficient (Wildman–Crippen LogP) is 0.609. The molecule has 7 nitrogen and oxygen atoms in total. The van der Waals surface area contributed by atoms with Crippen LogP contribution in [0.2, 0.25) is 0 Å². The van der Waals surface area contributed by atoms with Gasteiger partial charge in [-0.1, -0.05) is 0 Å². The largest absolute Gasteiger partial charge is 0.421 e. The zero-order chi connectivity index (χ0) is 18.8. The van der Waals surface area contributed by atoms with E-state index in [-0.39, 0.29) is 11.4 Å². The quantitative estimate of drug-likeness (QED) is 0.582. The Labute approximate surface area is 138 Å². The van der Waals surface area contributed by atoms with Crippen LogP contribution in [-0.2, 0) is 0 Å². The third-order valence-electron chi connectivity index (χ3n) is 3.45. The van der Waals surface area contributed by atoms with Crippen molar-refractivity contribution in [1.29, 1.82) is 0 Å². The first kappa shape index (κ1) is 18.7. The number of nitrogens with two attached hydrogens (primary N) is 1. The number of carbonyl (C=O) groups excluding carboxylic acids is 1. The summed E-state index contributed by atoms with van der Waals surface area (Å²) in [6, 6.07) is 4.96. The molecule has 1 aromatic heterocycles. The zero-order valence-corrected chi connectivity index (χ0v) is 12.6. The minimum atomic E-state index is -5.14. The van der Waals surface area contributed by atoms with Gasteiger partial charge in [0.2, 0.25) is 5.60 Å². The maximum absolute atomic E-state index is 12.9. The topological polar surface area (TPSA) is 113 Å². The van der Waals surface area contributed by atoms with Crippen molar-refractivity contribution in [2.75, 3.05) is 18.9 Å². The summed E-state index contributed by atoms with van der Waals surface area (Å²) in [7, 11) is 0. The molecule has 2 aromatic rings. The maximum atomic E-state index is 12.9. The van der Waals surface area contributed by atoms with E-state index in [1.54, 1.807) is 0 Å². The standard InChI is InChI=1S/C14H14F4N4O3/c15-8-1-3-9(4-2-8)22-11(19)10(5-21-22)12(24)20-6-13(25,7-23)14(16,17)18/h1-5,23,25H,6-7,19H2,(H,20,24). The predicted molar refractivity (Wildman–Crippen MR) is 78.4 cm³/mol. The van der Waals surface area contributed by atoms with Gasteiger partial charge in [0, 0.05) is 0 Å². The summed E-state index contributed by atoms with van der Waals surface area (Å²) in [4.78, 5) is 12.0. The number of hydrogen-bond acceptors (Lipinski definition) is 5. The number of nitrogen functional groups attached to an aromatic ring is 1. The van der Waals surface area contributed by atoms with Crippen molar-refractivity contribution < 1.29 is 32.6 Å². The van der Waals surface area contributed by atoms with Crippen LogP contribution in [0.3, 0.4) is 0 Å². The van der Waals surface area contributed by atoms with Crippen LogP contribution in [-0.4, -0.2) is 50.8 Å². The summed E-state index contributed by atoms with van der Waals surface area (Å²) < 4.78 is 52.0. The van der Waals surface area contributed by atoms with Crippen LogP contribution in [0.1, 0.15) is 10.4 Å². The van der Waals surface area contributed by atoms with Crippen molar-refractivity contribution in [2.45, 2.75) is 11.8 Å². The lowest BCUT2D eigenvalue weighted by molar-refractivity contribution is -0.267. The van der Waals surface area contributed by atoms with Crippen molar-refractivity contribution in [3.05, 3.63) is 41.8 Å². The lowest BCUT2D eigenvalue weighted by Gasteiger charge is -2.28. The smallest absolute Gasteiger partial charge is 0.393 e. The van der Waals surface area contributed by atoms with E-state index in [0.717, 1.165) is 23.0 Å². The van der Waals surface area contributed by atoms with E-state index in [0.29, 0.717) is 5.69 Å². The molecule has 0 spiro atoms. The molecule has 11 heteroatoms. The average Bonchev–Trinajstić information content (AvgIpc) is 2.93. The van der Waals surface area contributed by atoms with E-state index >= 15 is 0 Å². The Morgan fingerprint density at radius 2 is 1.88 bits per heavy atom. The molecular formula is C14H14F4N4O3. The molecule has 0 aliphatic carbocycles. The second kappa shape index (κ2) is 6.69. The zero-order valence-electron chi connectivity index (χ0n) is 12.6. The lowest BCUT2D eigenvalue weighted by atomic mass is 10.1. The molecule has 0 fully saturated rings. The molecule has 0 aliphatic rings. The highest BCUT2D eigenvalue weighted by atomic mass is 19.4. The van der Waals surface area contributed by atoms with Gasteiger partial charge in [0.25, 0.3) is 5.91 Å². The number of anilines is 1. The van der Waals surface area contributed by atoms with E-state index in [1.165, 1.54) is 12.1 Å². The fourth-order valence-corrected chi connectivity index (χ4v) is 1.89. The number of nitrogens with zero attached hydrogens (tertiary/aromatic N) is 2. The Morgan fingerprint density at radius 3 is 2.40 bits per heavy atom. The third-order valence-corrected chi connectivity index (χ3v) is 3.45. The molecule has 5 N–H and O–H groups in total. The third kappa shape index (κ3) is 3.72. The number of amides is 1. The van der Waals surface area contributed by atoms with Gasteiger partial charge in [-0.3, -0.25) is 4.79 Å². The number of alkyl halides is 3. The number of benzene rings is 1. The molecule has 1 amide bonds. The molecule has 0 bridgehead atoms. The van der Waals surface area contributed by atoms with Gasteiger partial charge in [0.05, 0.1) is 25.0 Å². The van der Waals surface area contributed by atoms with E-state index in [2.05, 4.69) is 5.10 Å². The van der Waals surface area contributed by atoms with Crippen LogP contribution in [0.15, 0.2) is 30.5 Å². The summed E-state index contributed by atoms with van der Waals surface area (Å²) in [6.07, 6.45) is -4.13. The molecule has 1 aromatic carbocycles. The fourth-order valence-electron chi connectivity index (χ4n) is 1.89. The number of halogens is 4. The molecule has 0 saturated carbocycles. The van der Waals surface area contributed by atoms with Gasteiger partial charge in [-0.2, -0.15) is 18.3 Å². The van der Waals surface area contributed by atoms with Crippen LogP contribution in [0.25, 0.3) is 5.69 Å². The van der Waals surface area contributed by atoms with Gasteiger partial charge in [0.15, 0.2) is 0 Å². The van der Waals surface area contributed by atoms with Crippen LogP contribution in [0, 0.1) is 5.82 Å². The van der Waals surface area contributed by atoms with Crippen molar-refractivity contribution in [3.63, 3.8) is 0 Å². The van der Waals surface area contributed by atoms with Crippen molar-refractivity contribution in [1.82, 2.24) is 15.1 Å². The summed E-state index contributed by atoms with van der Waals surface area (Å²) >= 11 is 0. The van der Waals surface area contributed by atoms with Crippen LogP contribution < -0.4 is 11.1 Å². The van der Waals surface area contributed by atoms with Crippen LogP contribution in [0.5, 0.6) is 0 Å². The van der Waals surface area contributed by atoms with E-state index in [9.17, 15) is 27.5 Å². The first-order valence-electron chi connectivity index (χ1n) is 6.86. The Morgan fingerprint density at radius 1 is 1.28 bits per heavy atom. The number of aromatic nitrogens is 2. The number of aliphatic hydroxyl groups excluding tert-OH is 1. The Balaban J connectivity index is 2.17. The molecule has 2 rings (SSSR count). The Bertz CT molecular complexity index is 760. The first-order chi connectivity index (χ1) is 11.6. The highest BCUT2D eigenvalue weighted by Crippen LogP contribution is 2.29. The molecule has 136 valence electrons. The fraction of sp³-hybridized carbons (Fsp3) is 0.286. The molecule has 1 unspecified atom stereocenters. The van der Waals surface area contributed by atoms with Gasteiger partial charge in [-0.25, -0.2) is 9.07 Å². The summed E-state index contributed by atoms with van der Waals surface area (Å²) in [6.45, 7) is -2.89. The highest BCUT2D eigenvalue weighted by Gasteiger charge is 2.53. The second-order valence-corrected chi connectivity index (χ2v) is 5.20. The van der Waals surface area contributed by atoms with Crippen molar-refractivity contribution in [3.8, 4) is 5.69 Å². The van der Waals surface area contributed by atoms with Gasteiger partial charge >= 0.3 is 6.18 Å². The first-order valence-corrected chi connectivity index (χ1v) is 6.86. The Hall–Kier alpha value is -2.66. The molecule has 1 atom stereocenters. The number of aliphatic hydroxyl groups is 2. The number of carbonyl (C=O) groups is 1. The maximum Gasteiger partial charge on any atom is 0.421 e. The normalized spacial score (nSPS) is 14.2. The van der Waals surface area contributed by atoms with Crippen LogP contribution >= 0.6 is 0 Å². The number of hydrogen-bond donors (Lipinski definition) is 4.